The van der Waals surface area contributed by atoms with Gasteiger partial charge in [0.05, 0.1) is 0 Å². The zero-order chi connectivity index (χ0) is 54.0. The highest BCUT2D eigenvalue weighted by Crippen LogP contribution is 2.31. The highest BCUT2D eigenvalue weighted by Gasteiger charge is 2.52. The van der Waals surface area contributed by atoms with Crippen LogP contribution in [0.5, 0.6) is 0 Å². The Balaban J connectivity index is 0.000000215. The van der Waals surface area contributed by atoms with Crippen molar-refractivity contribution in [1.29, 1.82) is 0 Å². The molecule has 0 N–H and O–H groups in total. The summed E-state index contributed by atoms with van der Waals surface area (Å²) < 4.78 is 296. The zero-order valence-electron chi connectivity index (χ0n) is 36.1. The van der Waals surface area contributed by atoms with Gasteiger partial charge in [-0.25, -0.2) is 87.8 Å². The van der Waals surface area contributed by atoms with Crippen LogP contribution in [0.4, 0.5) is 87.8 Å². The van der Waals surface area contributed by atoms with Gasteiger partial charge in [-0.15, -0.1) is 21.9 Å². The molecule has 0 unspecified atom stereocenters. The molecule has 23 heteroatoms. The van der Waals surface area contributed by atoms with Crippen LogP contribution in [0.1, 0.15) is 10.4 Å². The summed E-state index contributed by atoms with van der Waals surface area (Å²) in [4.78, 5) is 13.0. The van der Waals surface area contributed by atoms with Gasteiger partial charge in [-0.05, 0) is 35.0 Å². The summed E-state index contributed by atoms with van der Waals surface area (Å²) >= 11 is 0. The predicted octanol–water partition coefficient (Wildman–Crippen LogP) is 11.7. The fraction of sp³-hybridized carbons (Fsp3) is 0.0196. The van der Waals surface area contributed by atoms with Crippen LogP contribution in [0.2, 0.25) is 0 Å². The maximum absolute atomic E-state index is 15.4. The normalized spacial score (nSPS) is 11.6. The number of carbonyl (C=O) groups is 1. The Morgan fingerprint density at radius 1 is 0.324 bits per heavy atom. The number of hydrogen-bond acceptors (Lipinski definition) is 1. The van der Waals surface area contributed by atoms with Gasteiger partial charge in [-0.1, -0.05) is 72.8 Å². The molecule has 8 aromatic carbocycles. The number of hydrogen-bond donors (Lipinski definition) is 0. The molecule has 1 aromatic heterocycles. The molecule has 378 valence electrons. The van der Waals surface area contributed by atoms with E-state index in [1.54, 1.807) is 0 Å². The molecule has 0 bridgehead atoms. The fourth-order valence-corrected chi connectivity index (χ4v) is 8.77. The summed E-state index contributed by atoms with van der Waals surface area (Å²) in [6, 6.07) is 36.8. The van der Waals surface area contributed by atoms with Gasteiger partial charge in [-0.2, -0.15) is 4.57 Å². The minimum absolute atomic E-state index is 0.106. The molecule has 0 saturated heterocycles. The first-order valence-corrected chi connectivity index (χ1v) is 20.7. The van der Waals surface area contributed by atoms with Crippen molar-refractivity contribution in [1.82, 2.24) is 0 Å². The lowest BCUT2D eigenvalue weighted by molar-refractivity contribution is -0.646. The first kappa shape index (κ1) is 52.1. The number of benzene rings is 8. The molecule has 9 aromatic rings. The molecule has 0 fully saturated rings. The quantitative estimate of drug-likeness (QED) is 0.0371. The van der Waals surface area contributed by atoms with E-state index in [-0.39, 0.29) is 5.78 Å². The van der Waals surface area contributed by atoms with Gasteiger partial charge in [-0.3, -0.25) is 4.79 Å². The lowest BCUT2D eigenvalue weighted by Gasteiger charge is -2.44. The second kappa shape index (κ2) is 19.6. The number of para-hydroxylation sites is 1. The number of aromatic nitrogens is 1. The first-order valence-electron chi connectivity index (χ1n) is 20.7. The number of Topliss-reactive ketones (excluding diaryl/α,β-unsaturated/α-hetero) is 1. The minimum Gasteiger partial charge on any atom is -0.287 e. The number of fused-ring (bicyclic) bond motifs is 2. The van der Waals surface area contributed by atoms with Gasteiger partial charge in [0.25, 0.3) is 0 Å². The van der Waals surface area contributed by atoms with E-state index in [1.807, 2.05) is 42.5 Å². The van der Waals surface area contributed by atoms with Crippen LogP contribution in [-0.4, -0.2) is 11.9 Å². The minimum atomic E-state index is -7.22. The van der Waals surface area contributed by atoms with Crippen LogP contribution in [0, 0.1) is 116 Å². The van der Waals surface area contributed by atoms with E-state index in [0.29, 0.717) is 6.54 Å². The molecule has 9 rings (SSSR count). The Kier molecular flexibility index (Phi) is 13.8. The molecule has 0 amide bonds. The molecular formula is C51H20BF20NO. The monoisotopic (exact) mass is 1050 g/mol. The SMILES string of the molecule is Fc1c(F)c(F)c([B-](c2c(F)c(F)c(F)c(F)c2F)(c2c(F)c(F)c(F)c(F)c2F)c2c(F)c(F)c(F)c(F)c2F)c(F)c1F.O=C(C[n+]1c(-c2ccc3ccccc3c2)ccc2ccccc21)c1ccccc1. The van der Waals surface area contributed by atoms with Gasteiger partial charge in [0.15, 0.2) is 69.8 Å². The summed E-state index contributed by atoms with van der Waals surface area (Å²) in [5, 5.41) is 3.53. The molecule has 0 aliphatic rings. The van der Waals surface area contributed by atoms with Gasteiger partial charge in [0.1, 0.15) is 52.7 Å². The number of rotatable bonds is 8. The van der Waals surface area contributed by atoms with Gasteiger partial charge < -0.3 is 0 Å². The van der Waals surface area contributed by atoms with Crippen LogP contribution in [0.15, 0.2) is 109 Å². The molecule has 0 aliphatic heterocycles. The third kappa shape index (κ3) is 8.13. The fourth-order valence-electron chi connectivity index (χ4n) is 8.77. The summed E-state index contributed by atoms with van der Waals surface area (Å²) in [5.74, 6) is -71.3. The molecular weight excluding hydrogens is 1030 g/mol. The smallest absolute Gasteiger partial charge is 0.227 e. The standard InChI is InChI=1S/C27H20NO.C24BF20/c29-27(22-10-2-1-3-11-22)19-28-25-13-7-6-9-21(25)16-17-26(28)24-15-14-20-8-4-5-12-23(20)18-24;26-5-1(6(27)14(35)21(42)13(5)34)25(2-7(28)15(36)22(43)16(37)8(2)29,3-9(30)17(38)23(44)18(39)10(3)31)4-11(32)19(40)24(45)20(41)12(4)33/h1-18H,19H2;/q+1;-1. The van der Waals surface area contributed by atoms with Gasteiger partial charge >= 0.3 is 0 Å². The highest BCUT2D eigenvalue weighted by atomic mass is 19.2. The molecule has 2 nitrogen and oxygen atoms in total. The molecule has 1 heterocycles. The summed E-state index contributed by atoms with van der Waals surface area (Å²) in [5.41, 5.74) is -10.4. The maximum Gasteiger partial charge on any atom is 0.227 e. The number of nitrogens with zero attached hydrogens (tertiary/aromatic N) is 1. The third-order valence-corrected chi connectivity index (χ3v) is 12.1. The average molecular weight is 1050 g/mol. The molecule has 74 heavy (non-hydrogen) atoms. The van der Waals surface area contributed by atoms with E-state index in [0.717, 1.165) is 27.7 Å². The number of carbonyl (C=O) groups excluding carboxylic acids is 1. The molecule has 0 aliphatic carbocycles. The molecule has 0 saturated carbocycles. The molecule has 0 radical (unpaired) electrons. The van der Waals surface area contributed by atoms with Crippen molar-refractivity contribution >= 4 is 55.5 Å². The zero-order valence-corrected chi connectivity index (χ0v) is 36.1. The summed E-state index contributed by atoms with van der Waals surface area (Å²) in [6.45, 7) is 0.299. The van der Waals surface area contributed by atoms with Gasteiger partial charge in [0, 0.05) is 28.6 Å². The third-order valence-electron chi connectivity index (χ3n) is 12.1. The highest BCUT2D eigenvalue weighted by molar-refractivity contribution is 7.20. The van der Waals surface area contributed by atoms with Crippen molar-refractivity contribution in [2.24, 2.45) is 0 Å². The van der Waals surface area contributed by atoms with Crippen molar-refractivity contribution in [2.45, 2.75) is 6.54 Å². The Morgan fingerprint density at radius 2 is 0.635 bits per heavy atom. The largest absolute Gasteiger partial charge is 0.287 e. The number of pyridine rings is 1. The Labute approximate surface area is 400 Å². The van der Waals surface area contributed by atoms with E-state index in [9.17, 15) is 57.5 Å². The number of ketones is 1. The van der Waals surface area contributed by atoms with Crippen LogP contribution >= 0.6 is 0 Å². The Bertz CT molecular complexity index is 3420. The summed E-state index contributed by atoms with van der Waals surface area (Å²) in [7, 11) is 0. The van der Waals surface area contributed by atoms with Crippen LogP contribution in [0.3, 0.4) is 0 Å². The van der Waals surface area contributed by atoms with E-state index in [2.05, 4.69) is 71.3 Å². The first-order chi connectivity index (χ1) is 35.0. The molecule has 0 atom stereocenters. The van der Waals surface area contributed by atoms with Crippen molar-refractivity contribution in [3.05, 3.63) is 231 Å². The van der Waals surface area contributed by atoms with Crippen molar-refractivity contribution in [3.63, 3.8) is 0 Å². The van der Waals surface area contributed by atoms with Crippen molar-refractivity contribution in [3.8, 4) is 11.3 Å². The van der Waals surface area contributed by atoms with E-state index in [1.165, 1.54) is 10.8 Å². The van der Waals surface area contributed by atoms with Crippen LogP contribution in [0.25, 0.3) is 32.9 Å². The van der Waals surface area contributed by atoms with E-state index in [4.69, 9.17) is 0 Å². The second-order valence-corrected chi connectivity index (χ2v) is 16.0. The van der Waals surface area contributed by atoms with Gasteiger partial charge in [0.2, 0.25) is 23.5 Å². The van der Waals surface area contributed by atoms with Crippen LogP contribution in [-0.2, 0) is 6.54 Å². The second-order valence-electron chi connectivity index (χ2n) is 16.0. The van der Waals surface area contributed by atoms with Crippen molar-refractivity contribution in [2.75, 3.05) is 0 Å². The number of halogens is 20. The maximum atomic E-state index is 15.4. The van der Waals surface area contributed by atoms with Crippen LogP contribution < -0.4 is 26.4 Å². The van der Waals surface area contributed by atoms with E-state index >= 15 is 35.1 Å². The molecule has 0 spiro atoms. The lowest BCUT2D eigenvalue weighted by Crippen LogP contribution is -2.81. The predicted molar refractivity (Wildman–Crippen MR) is 227 cm³/mol. The topological polar surface area (TPSA) is 20.9 Å². The average Bonchev–Trinajstić information content (AvgIpc) is 3.43. The summed E-state index contributed by atoms with van der Waals surface area (Å²) in [6.07, 6.45) is -7.22. The Hall–Kier alpha value is -8.24. The lowest BCUT2D eigenvalue weighted by atomic mass is 9.12. The Morgan fingerprint density at radius 3 is 1.03 bits per heavy atom. The van der Waals surface area contributed by atoms with Crippen molar-refractivity contribution < 1.29 is 97.2 Å². The van der Waals surface area contributed by atoms with E-state index < -0.39 is 144 Å².